The average molecular weight is 254 g/mol. The maximum atomic E-state index is 5.56. The summed E-state index contributed by atoms with van der Waals surface area (Å²) in [6.45, 7) is 3.75. The summed E-state index contributed by atoms with van der Waals surface area (Å²) < 4.78 is 0. The first kappa shape index (κ1) is 13.6. The highest BCUT2D eigenvalue weighted by atomic mass is 15.1. The van der Waals surface area contributed by atoms with Crippen molar-refractivity contribution in [2.75, 3.05) is 18.5 Å². The van der Waals surface area contributed by atoms with Crippen molar-refractivity contribution in [1.29, 1.82) is 0 Å². The van der Waals surface area contributed by atoms with E-state index in [4.69, 9.17) is 5.73 Å². The van der Waals surface area contributed by atoms with E-state index in [1.807, 2.05) is 0 Å². The van der Waals surface area contributed by atoms with Gasteiger partial charge in [-0.3, -0.25) is 0 Å². The maximum absolute atomic E-state index is 5.56. The van der Waals surface area contributed by atoms with E-state index in [2.05, 4.69) is 67.4 Å². The van der Waals surface area contributed by atoms with Gasteiger partial charge in [0.25, 0.3) is 0 Å². The van der Waals surface area contributed by atoms with Crippen molar-refractivity contribution in [2.24, 2.45) is 5.73 Å². The Morgan fingerprint density at radius 1 is 0.895 bits per heavy atom. The monoisotopic (exact) mass is 254 g/mol. The fraction of sp³-hybridized carbons (Fsp3) is 0.294. The van der Waals surface area contributed by atoms with Gasteiger partial charge in [-0.05, 0) is 43.1 Å². The third-order valence-corrected chi connectivity index (χ3v) is 3.35. The number of hydrogen-bond acceptors (Lipinski definition) is 2. The van der Waals surface area contributed by atoms with E-state index in [1.54, 1.807) is 0 Å². The second kappa shape index (κ2) is 6.39. The Bertz CT molecular complexity index is 500. The van der Waals surface area contributed by atoms with Gasteiger partial charge in [-0.15, -0.1) is 0 Å². The summed E-state index contributed by atoms with van der Waals surface area (Å²) in [4.78, 5) is 2.26. The number of hydrogen-bond donors (Lipinski definition) is 1. The Hall–Kier alpha value is -1.80. The molecule has 2 aromatic rings. The number of benzene rings is 2. The normalized spacial score (nSPS) is 10.5. The van der Waals surface area contributed by atoms with E-state index in [0.717, 1.165) is 13.0 Å². The van der Waals surface area contributed by atoms with Crippen LogP contribution in [0.25, 0.3) is 0 Å². The van der Waals surface area contributed by atoms with E-state index in [-0.39, 0.29) is 0 Å². The molecule has 0 radical (unpaired) electrons. The van der Waals surface area contributed by atoms with E-state index in [0.29, 0.717) is 6.54 Å². The van der Waals surface area contributed by atoms with Crippen LogP contribution in [0, 0.1) is 6.92 Å². The fourth-order valence-corrected chi connectivity index (χ4v) is 2.14. The van der Waals surface area contributed by atoms with Crippen LogP contribution >= 0.6 is 0 Å². The summed E-state index contributed by atoms with van der Waals surface area (Å²) in [6.07, 6.45) is 0.946. The molecule has 0 aliphatic carbocycles. The molecule has 0 amide bonds. The zero-order chi connectivity index (χ0) is 13.7. The van der Waals surface area contributed by atoms with E-state index >= 15 is 0 Å². The Morgan fingerprint density at radius 3 is 2.05 bits per heavy atom. The molecule has 0 heterocycles. The number of nitrogens with two attached hydrogens (primary N) is 1. The molecule has 0 aromatic heterocycles. The third-order valence-electron chi connectivity index (χ3n) is 3.35. The Labute approximate surface area is 115 Å². The predicted molar refractivity (Wildman–Crippen MR) is 82.5 cm³/mol. The van der Waals surface area contributed by atoms with Crippen LogP contribution < -0.4 is 10.6 Å². The predicted octanol–water partition coefficient (Wildman–Crippen LogP) is 3.13. The summed E-state index contributed by atoms with van der Waals surface area (Å²) in [6, 6.07) is 17.4. The van der Waals surface area contributed by atoms with Crippen molar-refractivity contribution in [1.82, 2.24) is 0 Å². The van der Waals surface area contributed by atoms with E-state index in [1.165, 1.54) is 22.4 Å². The molecule has 0 saturated heterocycles. The Morgan fingerprint density at radius 2 is 1.47 bits per heavy atom. The largest absolute Gasteiger partial charge is 0.370 e. The van der Waals surface area contributed by atoms with Crippen molar-refractivity contribution in [3.05, 3.63) is 65.2 Å². The van der Waals surface area contributed by atoms with Gasteiger partial charge in [0.1, 0.15) is 0 Å². The van der Waals surface area contributed by atoms with Gasteiger partial charge in [0.15, 0.2) is 0 Å². The molecule has 0 aliphatic heterocycles. The highest BCUT2D eigenvalue weighted by Gasteiger charge is 2.02. The second-order valence-electron chi connectivity index (χ2n) is 5.05. The lowest BCUT2D eigenvalue weighted by molar-refractivity contribution is 0.918. The highest BCUT2D eigenvalue weighted by Crippen LogP contribution is 2.17. The molecule has 2 heteroatoms. The first-order chi connectivity index (χ1) is 9.19. The lowest BCUT2D eigenvalue weighted by Crippen LogP contribution is -2.16. The lowest BCUT2D eigenvalue weighted by atomic mass is 10.1. The van der Waals surface area contributed by atoms with Gasteiger partial charge in [0.2, 0.25) is 0 Å². The Balaban J connectivity index is 2.02. The van der Waals surface area contributed by atoms with Gasteiger partial charge in [0, 0.05) is 19.3 Å². The van der Waals surface area contributed by atoms with Crippen LogP contribution in [-0.2, 0) is 13.0 Å². The molecular formula is C17H22N2. The van der Waals surface area contributed by atoms with Crippen LogP contribution in [-0.4, -0.2) is 13.6 Å². The molecule has 0 fully saturated rings. The molecule has 0 saturated carbocycles. The molecule has 0 spiro atoms. The van der Waals surface area contributed by atoms with Gasteiger partial charge < -0.3 is 10.6 Å². The molecule has 0 unspecified atom stereocenters. The quantitative estimate of drug-likeness (QED) is 0.888. The topological polar surface area (TPSA) is 29.3 Å². The van der Waals surface area contributed by atoms with E-state index in [9.17, 15) is 0 Å². The number of rotatable bonds is 5. The number of aryl methyl sites for hydroxylation is 1. The zero-order valence-corrected chi connectivity index (χ0v) is 11.8. The molecule has 19 heavy (non-hydrogen) atoms. The van der Waals surface area contributed by atoms with Crippen molar-refractivity contribution < 1.29 is 0 Å². The van der Waals surface area contributed by atoms with Gasteiger partial charge in [0.05, 0.1) is 0 Å². The minimum absolute atomic E-state index is 0.707. The summed E-state index contributed by atoms with van der Waals surface area (Å²) in [5.74, 6) is 0. The smallest absolute Gasteiger partial charge is 0.0426 e. The summed E-state index contributed by atoms with van der Waals surface area (Å²) in [7, 11) is 2.12. The SMILES string of the molecule is Cc1ccc(CN(C)c2ccc(CCN)cc2)cc1. The third kappa shape index (κ3) is 3.83. The minimum atomic E-state index is 0.707. The van der Waals surface area contributed by atoms with Crippen LogP contribution in [0.5, 0.6) is 0 Å². The Kier molecular flexibility index (Phi) is 4.58. The minimum Gasteiger partial charge on any atom is -0.370 e. The fourth-order valence-electron chi connectivity index (χ4n) is 2.14. The zero-order valence-electron chi connectivity index (χ0n) is 11.8. The average Bonchev–Trinajstić information content (AvgIpc) is 2.42. The molecule has 2 rings (SSSR count). The van der Waals surface area contributed by atoms with Crippen LogP contribution in [0.15, 0.2) is 48.5 Å². The van der Waals surface area contributed by atoms with Crippen molar-refractivity contribution in [2.45, 2.75) is 19.9 Å². The standard InChI is InChI=1S/C17H22N2/c1-14-3-5-16(6-4-14)13-19(2)17-9-7-15(8-10-17)11-12-18/h3-10H,11-13,18H2,1-2H3. The van der Waals surface area contributed by atoms with Crippen LogP contribution in [0.3, 0.4) is 0 Å². The molecular weight excluding hydrogens is 232 g/mol. The van der Waals surface area contributed by atoms with Gasteiger partial charge >= 0.3 is 0 Å². The summed E-state index contributed by atoms with van der Waals surface area (Å²) in [5.41, 5.74) is 10.7. The number of nitrogens with zero attached hydrogens (tertiary/aromatic N) is 1. The molecule has 0 atom stereocenters. The van der Waals surface area contributed by atoms with Gasteiger partial charge in [-0.1, -0.05) is 42.0 Å². The molecule has 0 aliphatic rings. The molecule has 2 N–H and O–H groups in total. The van der Waals surface area contributed by atoms with Gasteiger partial charge in [-0.2, -0.15) is 0 Å². The first-order valence-corrected chi connectivity index (χ1v) is 6.75. The maximum Gasteiger partial charge on any atom is 0.0426 e. The van der Waals surface area contributed by atoms with Crippen molar-refractivity contribution in [3.63, 3.8) is 0 Å². The van der Waals surface area contributed by atoms with Crippen LogP contribution in [0.2, 0.25) is 0 Å². The molecule has 0 bridgehead atoms. The number of anilines is 1. The second-order valence-corrected chi connectivity index (χ2v) is 5.05. The molecule has 2 aromatic carbocycles. The van der Waals surface area contributed by atoms with Gasteiger partial charge in [-0.25, -0.2) is 0 Å². The summed E-state index contributed by atoms with van der Waals surface area (Å²) >= 11 is 0. The lowest BCUT2D eigenvalue weighted by Gasteiger charge is -2.20. The molecule has 2 nitrogen and oxygen atoms in total. The van der Waals surface area contributed by atoms with Crippen LogP contribution in [0.4, 0.5) is 5.69 Å². The summed E-state index contributed by atoms with van der Waals surface area (Å²) in [5, 5.41) is 0. The van der Waals surface area contributed by atoms with Crippen molar-refractivity contribution >= 4 is 5.69 Å². The van der Waals surface area contributed by atoms with Crippen molar-refractivity contribution in [3.8, 4) is 0 Å². The first-order valence-electron chi connectivity index (χ1n) is 6.75. The van der Waals surface area contributed by atoms with Crippen LogP contribution in [0.1, 0.15) is 16.7 Å². The highest BCUT2D eigenvalue weighted by molar-refractivity contribution is 5.47. The molecule has 100 valence electrons. The van der Waals surface area contributed by atoms with E-state index < -0.39 is 0 Å².